The van der Waals surface area contributed by atoms with E-state index in [1.54, 1.807) is 25.1 Å². The number of hydrogen-bond donors (Lipinski definition) is 2. The van der Waals surface area contributed by atoms with Crippen molar-refractivity contribution in [2.45, 2.75) is 50.0 Å². The first kappa shape index (κ1) is 16.3. The Morgan fingerprint density at radius 3 is 2.57 bits per heavy atom. The first-order valence-electron chi connectivity index (χ1n) is 7.46. The summed E-state index contributed by atoms with van der Waals surface area (Å²) in [6, 6.07) is 4.93. The Bertz CT molecular complexity index is 581. The van der Waals surface area contributed by atoms with Crippen molar-refractivity contribution < 1.29 is 13.5 Å². The molecule has 0 spiro atoms. The second kappa shape index (κ2) is 6.77. The van der Waals surface area contributed by atoms with E-state index in [9.17, 15) is 13.5 Å². The van der Waals surface area contributed by atoms with Gasteiger partial charge >= 0.3 is 0 Å². The van der Waals surface area contributed by atoms with Crippen molar-refractivity contribution in [3.05, 3.63) is 23.8 Å². The lowest BCUT2D eigenvalue weighted by Crippen LogP contribution is -2.43. The number of aliphatic hydroxyl groups is 1. The number of nitrogens with zero attached hydrogens (tertiary/aromatic N) is 1. The summed E-state index contributed by atoms with van der Waals surface area (Å²) < 4.78 is 27.4. The van der Waals surface area contributed by atoms with Crippen molar-refractivity contribution in [2.24, 2.45) is 0 Å². The quantitative estimate of drug-likeness (QED) is 0.813. The van der Waals surface area contributed by atoms with Crippen molar-refractivity contribution >= 4 is 15.7 Å². The average Bonchev–Trinajstić information content (AvgIpc) is 2.48. The molecule has 1 aromatic carbocycles. The molecule has 0 radical (unpaired) electrons. The molecule has 1 aromatic rings. The Kier molecular flexibility index (Phi) is 5.24. The van der Waals surface area contributed by atoms with Gasteiger partial charge in [-0.1, -0.05) is 25.3 Å². The molecule has 0 unspecified atom stereocenters. The number of nitrogens with two attached hydrogens (primary N) is 1. The van der Waals surface area contributed by atoms with E-state index in [4.69, 9.17) is 5.73 Å². The molecule has 1 fully saturated rings. The van der Waals surface area contributed by atoms with Crippen LogP contribution < -0.4 is 5.73 Å². The van der Waals surface area contributed by atoms with Crippen LogP contribution in [-0.2, 0) is 10.0 Å². The normalized spacial score (nSPS) is 17.3. The highest BCUT2D eigenvalue weighted by Gasteiger charge is 2.33. The van der Waals surface area contributed by atoms with Gasteiger partial charge in [0.2, 0.25) is 10.0 Å². The van der Waals surface area contributed by atoms with Crippen molar-refractivity contribution in [2.75, 3.05) is 18.9 Å². The summed E-state index contributed by atoms with van der Waals surface area (Å²) in [4.78, 5) is 0.251. The van der Waals surface area contributed by atoms with Gasteiger partial charge in [-0.05, 0) is 37.5 Å². The van der Waals surface area contributed by atoms with Gasteiger partial charge in [0.15, 0.2) is 0 Å². The molecule has 2 rings (SSSR count). The number of hydrogen-bond acceptors (Lipinski definition) is 4. The number of rotatable bonds is 5. The van der Waals surface area contributed by atoms with Crippen LogP contribution in [0.1, 0.15) is 37.7 Å². The van der Waals surface area contributed by atoms with Gasteiger partial charge in [0.05, 0.1) is 11.5 Å². The molecule has 0 bridgehead atoms. The van der Waals surface area contributed by atoms with Gasteiger partial charge in [-0.3, -0.25) is 0 Å². The minimum atomic E-state index is -3.62. The maximum Gasteiger partial charge on any atom is 0.243 e. The Morgan fingerprint density at radius 2 is 1.95 bits per heavy atom. The molecular formula is C15H24N2O3S. The molecule has 1 aliphatic carbocycles. The van der Waals surface area contributed by atoms with E-state index in [0.29, 0.717) is 11.3 Å². The summed E-state index contributed by atoms with van der Waals surface area (Å²) in [6.07, 6.45) is 4.96. The standard InChI is InChI=1S/C15H24N2O3S/c1-12-14(16)8-5-9-15(12)21(19,20)17(10-11-18)13-6-3-2-4-7-13/h5,8-9,13,18H,2-4,6-7,10-11,16H2,1H3. The molecule has 0 aliphatic heterocycles. The Labute approximate surface area is 126 Å². The number of aliphatic hydroxyl groups excluding tert-OH is 1. The fraction of sp³-hybridized carbons (Fsp3) is 0.600. The maximum absolute atomic E-state index is 13.0. The van der Waals surface area contributed by atoms with Crippen LogP contribution in [0, 0.1) is 6.92 Å². The second-order valence-electron chi connectivity index (χ2n) is 5.60. The van der Waals surface area contributed by atoms with Gasteiger partial charge in [0.25, 0.3) is 0 Å². The molecule has 118 valence electrons. The van der Waals surface area contributed by atoms with E-state index < -0.39 is 10.0 Å². The predicted octanol–water partition coefficient (Wildman–Crippen LogP) is 1.89. The second-order valence-corrected chi connectivity index (χ2v) is 7.46. The number of sulfonamides is 1. The lowest BCUT2D eigenvalue weighted by Gasteiger charge is -2.33. The molecule has 0 amide bonds. The third-order valence-corrected chi connectivity index (χ3v) is 6.31. The minimum absolute atomic E-state index is 0.0169. The van der Waals surface area contributed by atoms with Crippen LogP contribution in [0.2, 0.25) is 0 Å². The molecule has 0 aromatic heterocycles. The van der Waals surface area contributed by atoms with Crippen LogP contribution in [0.25, 0.3) is 0 Å². The summed E-state index contributed by atoms with van der Waals surface area (Å²) in [5, 5.41) is 9.27. The van der Waals surface area contributed by atoms with Crippen LogP contribution in [0.5, 0.6) is 0 Å². The first-order chi connectivity index (χ1) is 9.98. The van der Waals surface area contributed by atoms with Gasteiger partial charge in [0.1, 0.15) is 0 Å². The van der Waals surface area contributed by atoms with Crippen LogP contribution in [0.15, 0.2) is 23.1 Å². The van der Waals surface area contributed by atoms with Gasteiger partial charge in [0, 0.05) is 18.3 Å². The molecule has 0 atom stereocenters. The fourth-order valence-corrected chi connectivity index (χ4v) is 4.94. The highest BCUT2D eigenvalue weighted by atomic mass is 32.2. The maximum atomic E-state index is 13.0. The largest absolute Gasteiger partial charge is 0.398 e. The zero-order valence-electron chi connectivity index (χ0n) is 12.5. The third-order valence-electron chi connectivity index (χ3n) is 4.21. The van der Waals surface area contributed by atoms with E-state index in [-0.39, 0.29) is 24.1 Å². The average molecular weight is 312 g/mol. The lowest BCUT2D eigenvalue weighted by molar-refractivity contribution is 0.199. The van der Waals surface area contributed by atoms with Crippen LogP contribution >= 0.6 is 0 Å². The SMILES string of the molecule is Cc1c(N)cccc1S(=O)(=O)N(CCO)C1CCCCC1. The highest BCUT2D eigenvalue weighted by molar-refractivity contribution is 7.89. The molecule has 1 aliphatic rings. The molecule has 0 heterocycles. The highest BCUT2D eigenvalue weighted by Crippen LogP contribution is 2.30. The predicted molar refractivity (Wildman–Crippen MR) is 83.4 cm³/mol. The molecule has 0 saturated heterocycles. The summed E-state index contributed by atoms with van der Waals surface area (Å²) in [6.45, 7) is 1.69. The summed E-state index contributed by atoms with van der Waals surface area (Å²) in [5.41, 5.74) is 6.89. The molecule has 21 heavy (non-hydrogen) atoms. The Balaban J connectivity index is 2.39. The molecular weight excluding hydrogens is 288 g/mol. The minimum Gasteiger partial charge on any atom is -0.398 e. The van der Waals surface area contributed by atoms with E-state index in [2.05, 4.69) is 0 Å². The summed E-state index contributed by atoms with van der Waals surface area (Å²) >= 11 is 0. The number of anilines is 1. The van der Waals surface area contributed by atoms with Crippen LogP contribution in [0.4, 0.5) is 5.69 Å². The van der Waals surface area contributed by atoms with Crippen LogP contribution in [0.3, 0.4) is 0 Å². The van der Waals surface area contributed by atoms with Gasteiger partial charge in [-0.2, -0.15) is 4.31 Å². The van der Waals surface area contributed by atoms with Crippen molar-refractivity contribution in [1.29, 1.82) is 0 Å². The Morgan fingerprint density at radius 1 is 1.29 bits per heavy atom. The van der Waals surface area contributed by atoms with Gasteiger partial charge < -0.3 is 10.8 Å². The summed E-state index contributed by atoms with van der Waals surface area (Å²) in [7, 11) is -3.62. The third kappa shape index (κ3) is 3.39. The van der Waals surface area contributed by atoms with Crippen molar-refractivity contribution in [3.8, 4) is 0 Å². The van der Waals surface area contributed by atoms with E-state index >= 15 is 0 Å². The zero-order chi connectivity index (χ0) is 15.5. The molecule has 5 nitrogen and oxygen atoms in total. The number of nitrogen functional groups attached to an aromatic ring is 1. The van der Waals surface area contributed by atoms with E-state index in [1.807, 2.05) is 0 Å². The molecule has 6 heteroatoms. The monoisotopic (exact) mass is 312 g/mol. The van der Waals surface area contributed by atoms with E-state index in [0.717, 1.165) is 32.1 Å². The lowest BCUT2D eigenvalue weighted by atomic mass is 9.95. The fourth-order valence-electron chi connectivity index (χ4n) is 3.00. The van der Waals surface area contributed by atoms with Crippen molar-refractivity contribution in [3.63, 3.8) is 0 Å². The van der Waals surface area contributed by atoms with Crippen molar-refractivity contribution in [1.82, 2.24) is 4.31 Å². The smallest absolute Gasteiger partial charge is 0.243 e. The van der Waals surface area contributed by atoms with E-state index in [1.165, 1.54) is 4.31 Å². The first-order valence-corrected chi connectivity index (χ1v) is 8.90. The van der Waals surface area contributed by atoms with Gasteiger partial charge in [-0.25, -0.2) is 8.42 Å². The topological polar surface area (TPSA) is 83.6 Å². The number of benzene rings is 1. The zero-order valence-corrected chi connectivity index (χ0v) is 13.3. The molecule has 1 saturated carbocycles. The summed E-state index contributed by atoms with van der Waals surface area (Å²) in [5.74, 6) is 0. The Hall–Kier alpha value is -1.11. The van der Waals surface area contributed by atoms with Crippen LogP contribution in [-0.4, -0.2) is 37.0 Å². The molecule has 3 N–H and O–H groups in total. The van der Waals surface area contributed by atoms with Gasteiger partial charge in [-0.15, -0.1) is 0 Å².